The Morgan fingerprint density at radius 1 is 1.50 bits per heavy atom. The molecule has 1 rings (SSSR count). The molecule has 0 radical (unpaired) electrons. The van der Waals surface area contributed by atoms with E-state index >= 15 is 0 Å². The number of pyridine rings is 1. The Labute approximate surface area is 88.0 Å². The highest BCUT2D eigenvalue weighted by Crippen LogP contribution is 2.32. The smallest absolute Gasteiger partial charge is 0.262 e. The van der Waals surface area contributed by atoms with E-state index in [1.54, 1.807) is 7.05 Å². The van der Waals surface area contributed by atoms with Crippen LogP contribution >= 0.6 is 23.5 Å². The van der Waals surface area contributed by atoms with Crippen LogP contribution in [0, 0.1) is 0 Å². The van der Waals surface area contributed by atoms with Crippen LogP contribution in [0.2, 0.25) is 5.02 Å². The predicted molar refractivity (Wildman–Crippen MR) is 49.2 cm³/mol. The monoisotopic (exact) mass is 242 g/mol. The van der Waals surface area contributed by atoms with Crippen molar-refractivity contribution in [3.8, 4) is 0 Å². The summed E-state index contributed by atoms with van der Waals surface area (Å²) in [5, 5.41) is 0.307. The van der Waals surface area contributed by atoms with Gasteiger partial charge in [0.25, 0.3) is 0 Å². The lowest BCUT2D eigenvalue weighted by Gasteiger charge is -2.07. The first-order valence-corrected chi connectivity index (χ1v) is 4.71. The number of nitrogens with one attached hydrogen (secondary N) is 1. The Hall–Kier alpha value is -0.460. The second kappa shape index (κ2) is 4.37. The Morgan fingerprint density at radius 2 is 2.14 bits per heavy atom. The van der Waals surface area contributed by atoms with Gasteiger partial charge in [-0.3, -0.25) is 4.72 Å². The van der Waals surface area contributed by atoms with Crippen LogP contribution in [0.3, 0.4) is 0 Å². The van der Waals surface area contributed by atoms with Gasteiger partial charge in [-0.05, 0) is 25.1 Å². The highest BCUT2D eigenvalue weighted by Gasteiger charge is 2.31. The number of aromatic nitrogens is 1. The van der Waals surface area contributed by atoms with Crippen molar-refractivity contribution in [2.75, 3.05) is 7.05 Å². The molecule has 0 spiro atoms. The van der Waals surface area contributed by atoms with E-state index in [0.29, 0.717) is 5.03 Å². The lowest BCUT2D eigenvalue weighted by atomic mass is 10.3. The molecule has 2 nitrogen and oxygen atoms in total. The molecule has 0 saturated carbocycles. The van der Waals surface area contributed by atoms with Crippen LogP contribution in [-0.4, -0.2) is 12.0 Å². The summed E-state index contributed by atoms with van der Waals surface area (Å²) in [6.07, 6.45) is -3.65. The quantitative estimate of drug-likeness (QED) is 0.807. The molecule has 1 aromatic heterocycles. The zero-order chi connectivity index (χ0) is 10.8. The van der Waals surface area contributed by atoms with Crippen molar-refractivity contribution < 1.29 is 13.2 Å². The van der Waals surface area contributed by atoms with Crippen LogP contribution < -0.4 is 4.72 Å². The maximum Gasteiger partial charge on any atom is 0.417 e. The lowest BCUT2D eigenvalue weighted by molar-refractivity contribution is -0.137. The van der Waals surface area contributed by atoms with E-state index in [1.165, 1.54) is 0 Å². The Morgan fingerprint density at radius 3 is 2.57 bits per heavy atom. The number of hydrogen-bond donors (Lipinski definition) is 1. The first-order chi connectivity index (χ1) is 6.45. The third kappa shape index (κ3) is 2.76. The van der Waals surface area contributed by atoms with Crippen molar-refractivity contribution in [2.24, 2.45) is 0 Å². The summed E-state index contributed by atoms with van der Waals surface area (Å²) in [5.74, 6) is 0. The molecule has 1 heterocycles. The number of nitrogens with zero attached hydrogens (tertiary/aromatic N) is 1. The highest BCUT2D eigenvalue weighted by atomic mass is 35.5. The average Bonchev–Trinajstić information content (AvgIpc) is 2.07. The first-order valence-electron chi connectivity index (χ1n) is 3.51. The van der Waals surface area contributed by atoms with Gasteiger partial charge in [0.2, 0.25) is 0 Å². The van der Waals surface area contributed by atoms with Gasteiger partial charge in [-0.25, -0.2) is 4.98 Å². The van der Waals surface area contributed by atoms with Gasteiger partial charge in [0.05, 0.1) is 10.6 Å². The second-order valence-electron chi connectivity index (χ2n) is 2.31. The minimum atomic E-state index is -4.40. The van der Waals surface area contributed by atoms with E-state index in [2.05, 4.69) is 9.71 Å². The molecular weight excluding hydrogens is 237 g/mol. The van der Waals surface area contributed by atoms with Gasteiger partial charge in [0.15, 0.2) is 0 Å². The Bertz CT molecular complexity index is 329. The zero-order valence-corrected chi connectivity index (χ0v) is 8.59. The van der Waals surface area contributed by atoms with Crippen molar-refractivity contribution >= 4 is 23.5 Å². The fourth-order valence-corrected chi connectivity index (χ4v) is 1.49. The molecule has 0 aromatic carbocycles. The third-order valence-electron chi connectivity index (χ3n) is 1.33. The van der Waals surface area contributed by atoms with E-state index in [9.17, 15) is 13.2 Å². The van der Waals surface area contributed by atoms with Crippen LogP contribution in [0.4, 0.5) is 13.2 Å². The maximum absolute atomic E-state index is 12.2. The minimum Gasteiger partial charge on any atom is -0.262 e. The summed E-state index contributed by atoms with van der Waals surface area (Å²) in [6.45, 7) is 0. The van der Waals surface area contributed by atoms with E-state index in [0.717, 1.165) is 24.2 Å². The largest absolute Gasteiger partial charge is 0.417 e. The second-order valence-corrected chi connectivity index (χ2v) is 3.72. The first kappa shape index (κ1) is 11.6. The number of alkyl halides is 3. The Balaban J connectivity index is 3.01. The lowest BCUT2D eigenvalue weighted by Crippen LogP contribution is -2.06. The summed E-state index contributed by atoms with van der Waals surface area (Å²) in [5.41, 5.74) is -0.844. The fraction of sp³-hybridized carbons (Fsp3) is 0.286. The molecule has 1 aromatic rings. The molecule has 0 fully saturated rings. The van der Waals surface area contributed by atoms with Gasteiger partial charge >= 0.3 is 6.18 Å². The minimum absolute atomic E-state index is 0.0147. The third-order valence-corrected chi connectivity index (χ3v) is 2.46. The molecule has 0 aliphatic carbocycles. The van der Waals surface area contributed by atoms with Gasteiger partial charge in [-0.1, -0.05) is 11.6 Å². The Kier molecular flexibility index (Phi) is 3.63. The molecule has 0 saturated heterocycles. The van der Waals surface area contributed by atoms with E-state index in [-0.39, 0.29) is 5.02 Å². The van der Waals surface area contributed by atoms with Crippen molar-refractivity contribution in [1.29, 1.82) is 0 Å². The van der Waals surface area contributed by atoms with Gasteiger partial charge < -0.3 is 0 Å². The summed E-state index contributed by atoms with van der Waals surface area (Å²) >= 11 is 6.65. The average molecular weight is 243 g/mol. The molecule has 0 atom stereocenters. The molecule has 14 heavy (non-hydrogen) atoms. The number of rotatable bonds is 2. The molecule has 0 aliphatic heterocycles. The summed E-state index contributed by atoms with van der Waals surface area (Å²) in [6, 6.07) is 0.855. The molecule has 0 amide bonds. The highest BCUT2D eigenvalue weighted by molar-refractivity contribution is 7.97. The standard InChI is InChI=1S/C7H6ClF3N2S/c1-12-14-6-5(8)2-4(3-13-6)7(9,10)11/h2-3,12H,1H3. The molecule has 7 heteroatoms. The van der Waals surface area contributed by atoms with Crippen LogP contribution in [0.15, 0.2) is 17.3 Å². The molecule has 0 bridgehead atoms. The maximum atomic E-state index is 12.2. The van der Waals surface area contributed by atoms with E-state index in [4.69, 9.17) is 11.6 Å². The molecule has 78 valence electrons. The fourth-order valence-electron chi connectivity index (χ4n) is 0.752. The van der Waals surface area contributed by atoms with Crippen molar-refractivity contribution in [1.82, 2.24) is 9.71 Å². The van der Waals surface area contributed by atoms with E-state index in [1.807, 2.05) is 0 Å². The molecule has 0 aliphatic rings. The number of halogens is 4. The SMILES string of the molecule is CNSc1ncc(C(F)(F)F)cc1Cl. The van der Waals surface area contributed by atoms with Crippen LogP contribution in [-0.2, 0) is 6.18 Å². The van der Waals surface area contributed by atoms with Gasteiger partial charge in [-0.2, -0.15) is 13.2 Å². The molecular formula is C7H6ClF3N2S. The molecule has 0 unspecified atom stereocenters. The van der Waals surface area contributed by atoms with Gasteiger partial charge in [0, 0.05) is 6.20 Å². The number of hydrogen-bond acceptors (Lipinski definition) is 3. The topological polar surface area (TPSA) is 24.9 Å². The molecule has 1 N–H and O–H groups in total. The normalized spacial score (nSPS) is 11.8. The van der Waals surface area contributed by atoms with Gasteiger partial charge in [-0.15, -0.1) is 0 Å². The summed E-state index contributed by atoms with van der Waals surface area (Å²) < 4.78 is 39.2. The summed E-state index contributed by atoms with van der Waals surface area (Å²) in [4.78, 5) is 3.58. The van der Waals surface area contributed by atoms with Crippen LogP contribution in [0.1, 0.15) is 5.56 Å². The van der Waals surface area contributed by atoms with Crippen molar-refractivity contribution in [3.63, 3.8) is 0 Å². The summed E-state index contributed by atoms with van der Waals surface area (Å²) in [7, 11) is 1.63. The van der Waals surface area contributed by atoms with Crippen LogP contribution in [0.25, 0.3) is 0 Å². The van der Waals surface area contributed by atoms with Crippen LogP contribution in [0.5, 0.6) is 0 Å². The van der Waals surface area contributed by atoms with Crippen molar-refractivity contribution in [2.45, 2.75) is 11.2 Å². The van der Waals surface area contributed by atoms with Gasteiger partial charge in [0.1, 0.15) is 5.03 Å². The van der Waals surface area contributed by atoms with Crippen molar-refractivity contribution in [3.05, 3.63) is 22.8 Å². The zero-order valence-electron chi connectivity index (χ0n) is 7.02. The van der Waals surface area contributed by atoms with E-state index < -0.39 is 11.7 Å². The predicted octanol–water partition coefficient (Wildman–Crippen LogP) is 2.98.